The van der Waals surface area contributed by atoms with E-state index < -0.39 is 0 Å². The van der Waals surface area contributed by atoms with E-state index in [2.05, 4.69) is 32.8 Å². The van der Waals surface area contributed by atoms with Crippen LogP contribution in [0.4, 0.5) is 0 Å². The van der Waals surface area contributed by atoms with E-state index in [9.17, 15) is 4.79 Å². The number of ketones is 1. The summed E-state index contributed by atoms with van der Waals surface area (Å²) in [5.41, 5.74) is 4.02. The van der Waals surface area contributed by atoms with Crippen molar-refractivity contribution >= 4 is 22.4 Å². The highest BCUT2D eigenvalue weighted by atomic mass is 16.4. The van der Waals surface area contributed by atoms with Crippen molar-refractivity contribution in [1.82, 2.24) is 20.2 Å². The first-order chi connectivity index (χ1) is 13.2. The molecule has 6 heteroatoms. The Hall–Kier alpha value is -3.02. The van der Waals surface area contributed by atoms with Crippen LogP contribution in [0.1, 0.15) is 44.1 Å². The molecule has 1 unspecified atom stereocenters. The van der Waals surface area contributed by atoms with E-state index in [1.54, 1.807) is 0 Å². The third-order valence-corrected chi connectivity index (χ3v) is 5.11. The van der Waals surface area contributed by atoms with Crippen LogP contribution in [-0.2, 0) is 11.2 Å². The van der Waals surface area contributed by atoms with Gasteiger partial charge in [-0.15, -0.1) is 10.2 Å². The molecule has 0 saturated heterocycles. The number of carbonyl (C=O) groups excluding carboxylic acids is 1. The van der Waals surface area contributed by atoms with E-state index in [0.717, 1.165) is 41.4 Å². The van der Waals surface area contributed by atoms with Gasteiger partial charge in [0.25, 0.3) is 0 Å². The van der Waals surface area contributed by atoms with Gasteiger partial charge in [0, 0.05) is 30.6 Å². The molecule has 3 aromatic heterocycles. The molecule has 0 bridgehead atoms. The molecule has 4 rings (SSSR count). The number of fused-ring (bicyclic) bond motifs is 1. The van der Waals surface area contributed by atoms with Crippen molar-refractivity contribution in [3.05, 3.63) is 48.6 Å². The number of hydrogen-bond donors (Lipinski definition) is 1. The molecule has 138 valence electrons. The van der Waals surface area contributed by atoms with Gasteiger partial charge in [-0.2, -0.15) is 0 Å². The fourth-order valence-electron chi connectivity index (χ4n) is 3.75. The number of H-pyrrole nitrogens is 1. The maximum Gasteiger partial charge on any atom is 0.249 e. The molecule has 1 atom stereocenters. The van der Waals surface area contributed by atoms with Crippen molar-refractivity contribution in [2.24, 2.45) is 5.92 Å². The minimum Gasteiger partial charge on any atom is -0.421 e. The van der Waals surface area contributed by atoms with Crippen molar-refractivity contribution in [3.63, 3.8) is 0 Å². The van der Waals surface area contributed by atoms with Crippen molar-refractivity contribution in [1.29, 1.82) is 0 Å². The minimum atomic E-state index is 0.112. The van der Waals surface area contributed by atoms with Gasteiger partial charge in [0.15, 0.2) is 5.78 Å². The Morgan fingerprint density at radius 1 is 1.41 bits per heavy atom. The van der Waals surface area contributed by atoms with Crippen LogP contribution in [0.3, 0.4) is 0 Å². The second-order valence-electron chi connectivity index (χ2n) is 6.89. The Labute approximate surface area is 157 Å². The Morgan fingerprint density at radius 2 is 2.30 bits per heavy atom. The lowest BCUT2D eigenvalue weighted by molar-refractivity contribution is -0.115. The smallest absolute Gasteiger partial charge is 0.249 e. The zero-order valence-corrected chi connectivity index (χ0v) is 15.4. The molecule has 0 spiro atoms. The number of aryl methyl sites for hydroxylation is 1. The quantitative estimate of drug-likeness (QED) is 0.652. The van der Waals surface area contributed by atoms with E-state index in [1.807, 2.05) is 25.4 Å². The Kier molecular flexibility index (Phi) is 4.71. The van der Waals surface area contributed by atoms with E-state index in [1.165, 1.54) is 11.6 Å². The average molecular weight is 362 g/mol. The molecule has 0 amide bonds. The lowest BCUT2D eigenvalue weighted by Gasteiger charge is -2.22. The van der Waals surface area contributed by atoms with Gasteiger partial charge in [0.1, 0.15) is 5.65 Å². The summed E-state index contributed by atoms with van der Waals surface area (Å²) in [4.78, 5) is 19.4. The van der Waals surface area contributed by atoms with Gasteiger partial charge >= 0.3 is 0 Å². The monoisotopic (exact) mass is 362 g/mol. The number of allylic oxidation sites excluding steroid dienone is 3. The average Bonchev–Trinajstić information content (AvgIpc) is 3.34. The molecule has 0 aliphatic heterocycles. The predicted molar refractivity (Wildman–Crippen MR) is 104 cm³/mol. The molecular formula is C21H22N4O2. The fraction of sp³-hybridized carbons (Fsp3) is 0.333. The SMILES string of the molecule is C=CC(=O)CC1CCC=C(c2ccnc3[nH]cc(-c4nnc(CC)o4)c23)C1. The molecule has 3 aromatic rings. The first-order valence-electron chi connectivity index (χ1n) is 9.33. The van der Waals surface area contributed by atoms with Crippen LogP contribution in [0.15, 0.2) is 41.6 Å². The summed E-state index contributed by atoms with van der Waals surface area (Å²) >= 11 is 0. The van der Waals surface area contributed by atoms with Gasteiger partial charge in [-0.05, 0) is 48.5 Å². The molecule has 3 heterocycles. The molecule has 0 radical (unpaired) electrons. The van der Waals surface area contributed by atoms with Crippen molar-refractivity contribution < 1.29 is 9.21 Å². The summed E-state index contributed by atoms with van der Waals surface area (Å²) in [6, 6.07) is 2.03. The lowest BCUT2D eigenvalue weighted by atomic mass is 9.82. The van der Waals surface area contributed by atoms with E-state index in [-0.39, 0.29) is 5.78 Å². The summed E-state index contributed by atoms with van der Waals surface area (Å²) in [7, 11) is 0. The number of aromatic nitrogens is 4. The molecular weight excluding hydrogens is 340 g/mol. The van der Waals surface area contributed by atoms with Crippen LogP contribution in [0, 0.1) is 5.92 Å². The highest BCUT2D eigenvalue weighted by Crippen LogP contribution is 2.38. The largest absolute Gasteiger partial charge is 0.421 e. The van der Waals surface area contributed by atoms with Gasteiger partial charge in [-0.3, -0.25) is 4.79 Å². The van der Waals surface area contributed by atoms with E-state index in [0.29, 0.717) is 30.5 Å². The fourth-order valence-corrected chi connectivity index (χ4v) is 3.75. The van der Waals surface area contributed by atoms with Gasteiger partial charge < -0.3 is 9.40 Å². The molecule has 1 N–H and O–H groups in total. The number of hydrogen-bond acceptors (Lipinski definition) is 5. The molecule has 0 aromatic carbocycles. The second kappa shape index (κ2) is 7.31. The summed E-state index contributed by atoms with van der Waals surface area (Å²) < 4.78 is 5.77. The summed E-state index contributed by atoms with van der Waals surface area (Å²) in [6.07, 6.45) is 11.5. The third kappa shape index (κ3) is 3.35. The number of aromatic amines is 1. The zero-order valence-electron chi connectivity index (χ0n) is 15.4. The van der Waals surface area contributed by atoms with Crippen molar-refractivity contribution in [3.8, 4) is 11.5 Å². The first kappa shape index (κ1) is 17.4. The molecule has 6 nitrogen and oxygen atoms in total. The molecule has 1 aliphatic rings. The van der Waals surface area contributed by atoms with Crippen LogP contribution in [0.2, 0.25) is 0 Å². The second-order valence-corrected chi connectivity index (χ2v) is 6.89. The standard InChI is InChI=1S/C21H22N4O2/c1-3-15(26)11-13-6-5-7-14(10-13)16-8-9-22-20-19(16)17(12-23-20)21-25-24-18(4-2)27-21/h3,7-9,12-13H,1,4-6,10-11H2,2H3,(H,22,23). The molecule has 0 fully saturated rings. The third-order valence-electron chi connectivity index (χ3n) is 5.11. The van der Waals surface area contributed by atoms with Crippen LogP contribution < -0.4 is 0 Å². The summed E-state index contributed by atoms with van der Waals surface area (Å²) in [6.45, 7) is 5.57. The normalized spacial score (nSPS) is 17.1. The summed E-state index contributed by atoms with van der Waals surface area (Å²) in [5.74, 6) is 1.57. The van der Waals surface area contributed by atoms with Crippen LogP contribution in [0.25, 0.3) is 28.1 Å². The van der Waals surface area contributed by atoms with Gasteiger partial charge in [-0.25, -0.2) is 4.98 Å². The Balaban J connectivity index is 1.73. The maximum absolute atomic E-state index is 11.8. The summed E-state index contributed by atoms with van der Waals surface area (Å²) in [5, 5.41) is 9.26. The number of pyridine rings is 1. The van der Waals surface area contributed by atoms with Gasteiger partial charge in [0.05, 0.1) is 5.56 Å². The Bertz CT molecular complexity index is 1030. The predicted octanol–water partition coefficient (Wildman–Crippen LogP) is 4.50. The van der Waals surface area contributed by atoms with Gasteiger partial charge in [0.2, 0.25) is 11.8 Å². The first-order valence-corrected chi connectivity index (χ1v) is 9.33. The number of rotatable bonds is 6. The minimum absolute atomic E-state index is 0.112. The van der Waals surface area contributed by atoms with Crippen LogP contribution in [-0.4, -0.2) is 25.9 Å². The molecule has 27 heavy (non-hydrogen) atoms. The van der Waals surface area contributed by atoms with Gasteiger partial charge in [-0.1, -0.05) is 19.6 Å². The molecule has 1 aliphatic carbocycles. The Morgan fingerprint density at radius 3 is 3.07 bits per heavy atom. The highest BCUT2D eigenvalue weighted by molar-refractivity contribution is 6.00. The van der Waals surface area contributed by atoms with Crippen LogP contribution >= 0.6 is 0 Å². The molecule has 0 saturated carbocycles. The zero-order chi connectivity index (χ0) is 18.8. The number of nitrogens with one attached hydrogen (secondary N) is 1. The van der Waals surface area contributed by atoms with E-state index >= 15 is 0 Å². The van der Waals surface area contributed by atoms with Crippen LogP contribution in [0.5, 0.6) is 0 Å². The lowest BCUT2D eigenvalue weighted by Crippen LogP contribution is -2.11. The number of nitrogens with zero attached hydrogens (tertiary/aromatic N) is 3. The van der Waals surface area contributed by atoms with E-state index in [4.69, 9.17) is 4.42 Å². The maximum atomic E-state index is 11.8. The van der Waals surface area contributed by atoms with Crippen molar-refractivity contribution in [2.45, 2.75) is 39.0 Å². The number of carbonyl (C=O) groups is 1. The topological polar surface area (TPSA) is 84.7 Å². The van der Waals surface area contributed by atoms with Crippen molar-refractivity contribution in [2.75, 3.05) is 0 Å². The highest BCUT2D eigenvalue weighted by Gasteiger charge is 2.23.